The Bertz CT molecular complexity index is 1200. The summed E-state index contributed by atoms with van der Waals surface area (Å²) < 4.78 is 5.87. The van der Waals surface area contributed by atoms with E-state index in [0.717, 1.165) is 16.7 Å². The van der Waals surface area contributed by atoms with Crippen LogP contribution in [-0.2, 0) is 0 Å². The molecule has 1 aliphatic carbocycles. The number of nitrogens with zero attached hydrogens (tertiary/aromatic N) is 2. The van der Waals surface area contributed by atoms with Gasteiger partial charge in [-0.3, -0.25) is 0 Å². The lowest BCUT2D eigenvalue weighted by molar-refractivity contribution is -0.0835. The number of ether oxygens (including phenoxy) is 1. The van der Waals surface area contributed by atoms with E-state index in [1.807, 2.05) is 30.3 Å². The van der Waals surface area contributed by atoms with Gasteiger partial charge in [0.05, 0.1) is 29.4 Å². The molecule has 0 saturated heterocycles. The smallest absolute Gasteiger partial charge is 0.296 e. The number of hydrogen-bond acceptors (Lipinski definition) is 5. The molecule has 2 aromatic heterocycles. The molecule has 7 heteroatoms. The minimum Gasteiger partial charge on any atom is -0.461 e. The molecule has 0 bridgehead atoms. The highest BCUT2D eigenvalue weighted by Crippen LogP contribution is 2.42. The van der Waals surface area contributed by atoms with Crippen LogP contribution in [0.2, 0.25) is 5.02 Å². The van der Waals surface area contributed by atoms with Gasteiger partial charge in [-0.15, -0.1) is 0 Å². The van der Waals surface area contributed by atoms with Crippen LogP contribution < -0.4 is 4.74 Å². The third kappa shape index (κ3) is 3.78. The van der Waals surface area contributed by atoms with Crippen LogP contribution >= 0.6 is 11.6 Å². The lowest BCUT2D eigenvalue weighted by Gasteiger charge is -2.44. The van der Waals surface area contributed by atoms with Crippen LogP contribution in [-0.4, -0.2) is 44.5 Å². The zero-order valence-corrected chi connectivity index (χ0v) is 17.5. The summed E-state index contributed by atoms with van der Waals surface area (Å²) in [6, 6.07) is 20.5. The Hall–Kier alpha value is -2.93. The maximum atomic E-state index is 9.42. The molecule has 6 nitrogen and oxygen atoms in total. The Balaban J connectivity index is 1.37. The number of hydrogen-bond donors (Lipinski definition) is 3. The van der Waals surface area contributed by atoms with E-state index in [9.17, 15) is 10.2 Å². The Labute approximate surface area is 184 Å². The number of benzene rings is 2. The van der Waals surface area contributed by atoms with Gasteiger partial charge in [0.2, 0.25) is 0 Å². The van der Waals surface area contributed by atoms with Gasteiger partial charge >= 0.3 is 0 Å². The van der Waals surface area contributed by atoms with Gasteiger partial charge in [0.15, 0.2) is 5.65 Å². The van der Waals surface area contributed by atoms with Crippen molar-refractivity contribution in [3.8, 4) is 28.4 Å². The number of rotatable bonds is 6. The van der Waals surface area contributed by atoms with E-state index in [0.29, 0.717) is 40.7 Å². The van der Waals surface area contributed by atoms with Crippen LogP contribution in [0.1, 0.15) is 12.8 Å². The van der Waals surface area contributed by atoms with Gasteiger partial charge in [-0.05, 0) is 30.0 Å². The fourth-order valence-corrected chi connectivity index (χ4v) is 4.32. The summed E-state index contributed by atoms with van der Waals surface area (Å²) >= 11 is 6.52. The summed E-state index contributed by atoms with van der Waals surface area (Å²) in [5.74, 6) is 0. The van der Waals surface area contributed by atoms with Gasteiger partial charge in [-0.2, -0.15) is 4.98 Å². The predicted octanol–water partition coefficient (Wildman–Crippen LogP) is 4.46. The number of nitrogens with one attached hydrogen (secondary N) is 1. The quantitative estimate of drug-likeness (QED) is 0.416. The Morgan fingerprint density at radius 3 is 2.26 bits per heavy atom. The van der Waals surface area contributed by atoms with E-state index in [1.165, 1.54) is 0 Å². The Morgan fingerprint density at radius 2 is 1.58 bits per heavy atom. The molecule has 3 N–H and O–H groups in total. The van der Waals surface area contributed by atoms with Gasteiger partial charge in [0.1, 0.15) is 6.10 Å². The first-order valence-electron chi connectivity index (χ1n) is 10.2. The second-order valence-electron chi connectivity index (χ2n) is 8.14. The zero-order chi connectivity index (χ0) is 21.4. The zero-order valence-electron chi connectivity index (χ0n) is 16.8. The van der Waals surface area contributed by atoms with Crippen molar-refractivity contribution in [3.05, 3.63) is 65.7 Å². The highest BCUT2D eigenvalue weighted by atomic mass is 35.5. The van der Waals surface area contributed by atoms with Crippen LogP contribution in [0, 0.1) is 5.41 Å². The van der Waals surface area contributed by atoms with Crippen molar-refractivity contribution in [2.75, 3.05) is 13.2 Å². The molecule has 0 atom stereocenters. The molecule has 0 spiro atoms. The first-order chi connectivity index (χ1) is 15.1. The van der Waals surface area contributed by atoms with Gasteiger partial charge in [-0.1, -0.05) is 66.2 Å². The van der Waals surface area contributed by atoms with E-state index in [4.69, 9.17) is 16.3 Å². The molecule has 1 fully saturated rings. The van der Waals surface area contributed by atoms with E-state index in [1.54, 1.807) is 6.07 Å². The molecule has 31 heavy (non-hydrogen) atoms. The Morgan fingerprint density at radius 1 is 0.935 bits per heavy atom. The monoisotopic (exact) mass is 435 g/mol. The maximum absolute atomic E-state index is 9.42. The standard InChI is InChI=1S/C24H22ClN3O3/c25-19-10-20-22(28-23(26-20)31-18-11-24(12-18,13-29)14-30)27-21(19)17-8-6-16(7-9-17)15-4-2-1-3-5-15/h1-10,18,29-30H,11-14H2,(H,26,27,28). The van der Waals surface area contributed by atoms with Crippen molar-refractivity contribution in [3.63, 3.8) is 0 Å². The molecule has 158 valence electrons. The summed E-state index contributed by atoms with van der Waals surface area (Å²) in [6.45, 7) is -0.0971. The van der Waals surface area contributed by atoms with E-state index < -0.39 is 5.41 Å². The topological polar surface area (TPSA) is 91.3 Å². The molecular formula is C24H22ClN3O3. The number of H-pyrrole nitrogens is 1. The van der Waals surface area contributed by atoms with Crippen molar-refractivity contribution >= 4 is 22.8 Å². The summed E-state index contributed by atoms with van der Waals surface area (Å²) in [5.41, 5.74) is 4.62. The fraction of sp³-hybridized carbons (Fsp3) is 0.250. The molecule has 0 unspecified atom stereocenters. The number of pyridine rings is 1. The number of aromatic amines is 1. The summed E-state index contributed by atoms with van der Waals surface area (Å²) in [6.07, 6.45) is 1.08. The second-order valence-corrected chi connectivity index (χ2v) is 8.55. The molecule has 0 aliphatic heterocycles. The second kappa shape index (κ2) is 7.96. The third-order valence-electron chi connectivity index (χ3n) is 5.94. The minimum atomic E-state index is -0.447. The van der Waals surface area contributed by atoms with Crippen LogP contribution in [0.5, 0.6) is 6.01 Å². The van der Waals surface area contributed by atoms with Crippen LogP contribution in [0.3, 0.4) is 0 Å². The van der Waals surface area contributed by atoms with Gasteiger partial charge < -0.3 is 19.9 Å². The predicted molar refractivity (Wildman–Crippen MR) is 120 cm³/mol. The number of aliphatic hydroxyl groups is 2. The molecule has 1 aliphatic rings. The van der Waals surface area contributed by atoms with Crippen LogP contribution in [0.25, 0.3) is 33.5 Å². The highest BCUT2D eigenvalue weighted by molar-refractivity contribution is 6.33. The SMILES string of the molecule is OCC1(CO)CC(Oc2nc3nc(-c4ccc(-c5ccccc5)cc4)c(Cl)cc3[nH]2)C1. The largest absolute Gasteiger partial charge is 0.461 e. The summed E-state index contributed by atoms with van der Waals surface area (Å²) in [4.78, 5) is 12.2. The molecular weight excluding hydrogens is 414 g/mol. The maximum Gasteiger partial charge on any atom is 0.296 e. The first-order valence-corrected chi connectivity index (χ1v) is 10.6. The number of aliphatic hydroxyl groups excluding tert-OH is 2. The number of imidazole rings is 1. The number of aromatic nitrogens is 3. The van der Waals surface area contributed by atoms with Crippen LogP contribution in [0.4, 0.5) is 0 Å². The van der Waals surface area contributed by atoms with Crippen LogP contribution in [0.15, 0.2) is 60.7 Å². The number of fused-ring (bicyclic) bond motifs is 1. The normalized spacial score (nSPS) is 15.7. The Kier molecular flexibility index (Phi) is 5.14. The molecule has 1 saturated carbocycles. The number of halogens is 1. The van der Waals surface area contributed by atoms with Crippen molar-refractivity contribution in [1.29, 1.82) is 0 Å². The van der Waals surface area contributed by atoms with Crippen molar-refractivity contribution in [1.82, 2.24) is 15.0 Å². The first kappa shape index (κ1) is 20.0. The molecule has 0 amide bonds. The highest BCUT2D eigenvalue weighted by Gasteiger charge is 2.45. The van der Waals surface area contributed by atoms with Crippen molar-refractivity contribution in [2.24, 2.45) is 5.41 Å². The average Bonchev–Trinajstić information content (AvgIpc) is 3.17. The van der Waals surface area contributed by atoms with Gasteiger partial charge in [-0.25, -0.2) is 4.98 Å². The fourth-order valence-electron chi connectivity index (χ4n) is 4.06. The minimum absolute atomic E-state index is 0.0485. The van der Waals surface area contributed by atoms with Crippen molar-refractivity contribution in [2.45, 2.75) is 18.9 Å². The lowest BCUT2D eigenvalue weighted by Crippen LogP contribution is -2.49. The van der Waals surface area contributed by atoms with Crippen molar-refractivity contribution < 1.29 is 14.9 Å². The molecule has 2 heterocycles. The van der Waals surface area contributed by atoms with E-state index >= 15 is 0 Å². The van der Waals surface area contributed by atoms with Gasteiger partial charge in [0, 0.05) is 11.0 Å². The molecule has 5 rings (SSSR count). The average molecular weight is 436 g/mol. The lowest BCUT2D eigenvalue weighted by atomic mass is 9.68. The summed E-state index contributed by atoms with van der Waals surface area (Å²) in [5, 5.41) is 19.4. The van der Waals surface area contributed by atoms with E-state index in [-0.39, 0.29) is 19.3 Å². The molecule has 0 radical (unpaired) electrons. The third-order valence-corrected chi connectivity index (χ3v) is 6.23. The molecule has 4 aromatic rings. The van der Waals surface area contributed by atoms with Gasteiger partial charge in [0.25, 0.3) is 6.01 Å². The molecule has 2 aromatic carbocycles. The van der Waals surface area contributed by atoms with E-state index in [2.05, 4.69) is 39.2 Å². The summed E-state index contributed by atoms with van der Waals surface area (Å²) in [7, 11) is 0.